The van der Waals surface area contributed by atoms with Crippen LogP contribution in [0.25, 0.3) is 0 Å². The van der Waals surface area contributed by atoms with Crippen LogP contribution in [0.5, 0.6) is 5.75 Å². The summed E-state index contributed by atoms with van der Waals surface area (Å²) in [7, 11) is 0. The van der Waals surface area contributed by atoms with Crippen molar-refractivity contribution in [3.05, 3.63) is 24.3 Å². The van der Waals surface area contributed by atoms with Crippen LogP contribution >= 0.6 is 0 Å². The highest BCUT2D eigenvalue weighted by atomic mass is 16.6. The van der Waals surface area contributed by atoms with E-state index in [9.17, 15) is 4.79 Å². The average molecular weight is 716 g/mol. The van der Waals surface area contributed by atoms with Crippen LogP contribution in [0.2, 0.25) is 0 Å². The number of unbranched alkanes of at least 4 members (excludes halogenated alkanes) is 9. The lowest BCUT2D eigenvalue weighted by atomic mass is 10.1. The lowest BCUT2D eigenvalue weighted by Crippen LogP contribution is -2.15. The zero-order valence-electron chi connectivity index (χ0n) is 31.3. The molecular formula is C38H69NO11. The van der Waals surface area contributed by atoms with Crippen LogP contribution in [0.3, 0.4) is 0 Å². The lowest BCUT2D eigenvalue weighted by Gasteiger charge is -2.09. The fourth-order valence-electron chi connectivity index (χ4n) is 4.61. The summed E-state index contributed by atoms with van der Waals surface area (Å²) in [4.78, 5) is 11.0. The van der Waals surface area contributed by atoms with Crippen molar-refractivity contribution < 1.29 is 52.2 Å². The van der Waals surface area contributed by atoms with Gasteiger partial charge < -0.3 is 52.7 Å². The molecular weight excluding hydrogens is 646 g/mol. The Hall–Kier alpha value is -1.87. The Labute approximate surface area is 302 Å². The minimum Gasteiger partial charge on any atom is -0.491 e. The Kier molecular flexibility index (Phi) is 35.4. The fourth-order valence-corrected chi connectivity index (χ4v) is 4.61. The molecule has 50 heavy (non-hydrogen) atoms. The van der Waals surface area contributed by atoms with Crippen molar-refractivity contribution in [2.24, 2.45) is 0 Å². The van der Waals surface area contributed by atoms with Crippen molar-refractivity contribution in [1.29, 1.82) is 0 Å². The number of nitrogens with one attached hydrogen (secondary N) is 1. The third-order valence-electron chi connectivity index (χ3n) is 7.29. The first-order chi connectivity index (χ1) is 24.7. The van der Waals surface area contributed by atoms with Gasteiger partial charge >= 0.3 is 0 Å². The Morgan fingerprint density at radius 1 is 0.420 bits per heavy atom. The van der Waals surface area contributed by atoms with Crippen molar-refractivity contribution in [2.75, 3.05) is 131 Å². The van der Waals surface area contributed by atoms with E-state index in [1.165, 1.54) is 64.7 Å². The summed E-state index contributed by atoms with van der Waals surface area (Å²) in [6, 6.07) is 7.19. The molecule has 0 aliphatic carbocycles. The summed E-state index contributed by atoms with van der Waals surface area (Å²) in [5, 5.41) is 2.71. The summed E-state index contributed by atoms with van der Waals surface area (Å²) >= 11 is 0. The Bertz CT molecular complexity index is 831. The van der Waals surface area contributed by atoms with Gasteiger partial charge in [-0.2, -0.15) is 0 Å². The van der Waals surface area contributed by atoms with Gasteiger partial charge in [0, 0.05) is 19.2 Å². The number of rotatable bonds is 40. The van der Waals surface area contributed by atoms with Crippen molar-refractivity contribution in [3.63, 3.8) is 0 Å². The number of ether oxygens (including phenoxy) is 10. The largest absolute Gasteiger partial charge is 0.491 e. The van der Waals surface area contributed by atoms with Gasteiger partial charge in [0.15, 0.2) is 0 Å². The van der Waals surface area contributed by atoms with Gasteiger partial charge in [-0.15, -0.1) is 0 Å². The molecule has 0 heterocycles. The zero-order valence-corrected chi connectivity index (χ0v) is 31.3. The van der Waals surface area contributed by atoms with Crippen LogP contribution in [0.15, 0.2) is 24.3 Å². The van der Waals surface area contributed by atoms with E-state index in [1.807, 2.05) is 0 Å². The molecule has 292 valence electrons. The second-order valence-electron chi connectivity index (χ2n) is 11.7. The third kappa shape index (κ3) is 34.6. The summed E-state index contributed by atoms with van der Waals surface area (Å²) < 4.78 is 55.3. The fraction of sp³-hybridized carbons (Fsp3) is 0.816. The highest BCUT2D eigenvalue weighted by Gasteiger charge is 1.99. The Morgan fingerprint density at radius 3 is 1.06 bits per heavy atom. The third-order valence-corrected chi connectivity index (χ3v) is 7.29. The van der Waals surface area contributed by atoms with Gasteiger partial charge in [0.25, 0.3) is 0 Å². The van der Waals surface area contributed by atoms with E-state index in [0.29, 0.717) is 119 Å². The molecule has 0 fully saturated rings. The molecule has 1 aromatic carbocycles. The predicted octanol–water partition coefficient (Wildman–Crippen LogP) is 6.09. The maximum atomic E-state index is 11.0. The minimum absolute atomic E-state index is 0.105. The number of hydrogen-bond donors (Lipinski definition) is 1. The smallest absolute Gasteiger partial charge is 0.221 e. The van der Waals surface area contributed by atoms with Crippen LogP contribution in [0.4, 0.5) is 5.69 Å². The molecule has 0 radical (unpaired) electrons. The van der Waals surface area contributed by atoms with E-state index in [0.717, 1.165) is 24.5 Å². The molecule has 1 aromatic rings. The molecule has 0 unspecified atom stereocenters. The van der Waals surface area contributed by atoms with Crippen molar-refractivity contribution in [2.45, 2.75) is 78.1 Å². The second kappa shape index (κ2) is 38.4. The molecule has 0 aliphatic heterocycles. The first kappa shape index (κ1) is 46.2. The summed E-state index contributed by atoms with van der Waals surface area (Å²) in [5.41, 5.74) is 0.735. The van der Waals surface area contributed by atoms with Gasteiger partial charge in [-0.1, -0.05) is 64.7 Å². The molecule has 0 saturated heterocycles. The minimum atomic E-state index is -0.105. The van der Waals surface area contributed by atoms with Crippen LogP contribution in [0.1, 0.15) is 78.1 Å². The van der Waals surface area contributed by atoms with Gasteiger partial charge in [-0.25, -0.2) is 0 Å². The van der Waals surface area contributed by atoms with E-state index in [-0.39, 0.29) is 5.91 Å². The highest BCUT2D eigenvalue weighted by molar-refractivity contribution is 5.88. The number of benzene rings is 1. The number of carbonyl (C=O) groups excluding carboxylic acids is 1. The van der Waals surface area contributed by atoms with Crippen LogP contribution in [0, 0.1) is 0 Å². The average Bonchev–Trinajstić information content (AvgIpc) is 3.11. The quantitative estimate of drug-likeness (QED) is 0.0795. The van der Waals surface area contributed by atoms with Gasteiger partial charge in [-0.05, 0) is 30.7 Å². The first-order valence-electron chi connectivity index (χ1n) is 18.9. The van der Waals surface area contributed by atoms with Crippen LogP contribution in [-0.4, -0.2) is 131 Å². The highest BCUT2D eigenvalue weighted by Crippen LogP contribution is 2.15. The summed E-state index contributed by atoms with van der Waals surface area (Å²) in [5.74, 6) is 0.617. The zero-order chi connectivity index (χ0) is 35.8. The number of amides is 1. The standard InChI is InChI=1S/C38H69NO11/c1-3-4-5-6-7-8-9-10-11-12-17-41-18-19-42-20-21-43-22-23-44-24-25-45-26-27-46-28-29-47-30-31-48-32-33-49-34-35-50-38-15-13-37(14-16-38)39-36(2)40/h13-16H,3-12,17-35H2,1-2H3,(H,39,40). The number of anilines is 1. The summed E-state index contributed by atoms with van der Waals surface area (Å²) in [6.07, 6.45) is 13.4. The normalized spacial score (nSPS) is 11.3. The summed E-state index contributed by atoms with van der Waals surface area (Å²) in [6.45, 7) is 14.0. The maximum Gasteiger partial charge on any atom is 0.221 e. The maximum absolute atomic E-state index is 11.0. The monoisotopic (exact) mass is 715 g/mol. The number of hydrogen-bond acceptors (Lipinski definition) is 11. The molecule has 12 heteroatoms. The Balaban J connectivity index is 1.65. The molecule has 1 amide bonds. The van der Waals surface area contributed by atoms with Crippen LogP contribution < -0.4 is 10.1 Å². The van der Waals surface area contributed by atoms with Crippen molar-refractivity contribution in [1.82, 2.24) is 0 Å². The van der Waals surface area contributed by atoms with E-state index in [2.05, 4.69) is 12.2 Å². The van der Waals surface area contributed by atoms with Gasteiger partial charge in [-0.3, -0.25) is 4.79 Å². The molecule has 0 atom stereocenters. The molecule has 0 aromatic heterocycles. The molecule has 0 saturated carbocycles. The van der Waals surface area contributed by atoms with Gasteiger partial charge in [0.2, 0.25) is 5.91 Å². The molecule has 0 bridgehead atoms. The topological polar surface area (TPSA) is 121 Å². The molecule has 1 N–H and O–H groups in total. The van der Waals surface area contributed by atoms with E-state index in [1.54, 1.807) is 24.3 Å². The molecule has 0 spiro atoms. The molecule has 0 aliphatic rings. The van der Waals surface area contributed by atoms with E-state index < -0.39 is 0 Å². The second-order valence-corrected chi connectivity index (χ2v) is 11.7. The predicted molar refractivity (Wildman–Crippen MR) is 195 cm³/mol. The molecule has 1 rings (SSSR count). The van der Waals surface area contributed by atoms with Crippen molar-refractivity contribution >= 4 is 11.6 Å². The van der Waals surface area contributed by atoms with E-state index >= 15 is 0 Å². The van der Waals surface area contributed by atoms with Crippen molar-refractivity contribution in [3.8, 4) is 5.75 Å². The first-order valence-corrected chi connectivity index (χ1v) is 18.9. The lowest BCUT2D eigenvalue weighted by molar-refractivity contribution is -0.114. The van der Waals surface area contributed by atoms with Gasteiger partial charge in [0.05, 0.1) is 112 Å². The van der Waals surface area contributed by atoms with Crippen LogP contribution in [-0.2, 0) is 47.4 Å². The Morgan fingerprint density at radius 2 is 0.720 bits per heavy atom. The number of carbonyl (C=O) groups is 1. The molecule has 12 nitrogen and oxygen atoms in total. The van der Waals surface area contributed by atoms with Gasteiger partial charge in [0.1, 0.15) is 12.4 Å². The van der Waals surface area contributed by atoms with E-state index in [4.69, 9.17) is 47.4 Å². The SMILES string of the molecule is CCCCCCCCCCCCOCCOCCOCCOCCOCCOCCOCCOCCOCCOc1ccc(NC(C)=O)cc1.